The Morgan fingerprint density at radius 3 is 2.33 bits per heavy atom. The van der Waals surface area contributed by atoms with E-state index in [4.69, 9.17) is 0 Å². The molecule has 0 N–H and O–H groups in total. The maximum Gasteiger partial charge on any atom is 0.153 e. The number of carbonyl (C=O) groups is 1. The van der Waals surface area contributed by atoms with Crippen LogP contribution in [-0.4, -0.2) is 19.4 Å². The third kappa shape index (κ3) is 2.88. The standard InChI is InChI=1S/C13H13FN2O2/c1-3-5-16(6-4-2)13-8-11(14)10(9-17)7-12(13)15-18/h3-4,7-9H,1-2,5-6H2. The van der Waals surface area contributed by atoms with Crippen molar-refractivity contribution in [3.63, 3.8) is 0 Å². The topological polar surface area (TPSA) is 49.7 Å². The fraction of sp³-hybridized carbons (Fsp3) is 0.154. The second kappa shape index (κ2) is 6.44. The van der Waals surface area contributed by atoms with Gasteiger partial charge in [0.05, 0.1) is 11.3 Å². The number of aldehydes is 1. The predicted molar refractivity (Wildman–Crippen MR) is 69.8 cm³/mol. The molecule has 4 nitrogen and oxygen atoms in total. The smallest absolute Gasteiger partial charge is 0.153 e. The van der Waals surface area contributed by atoms with E-state index in [1.54, 1.807) is 17.1 Å². The average Bonchev–Trinajstić information content (AvgIpc) is 2.38. The third-order valence-corrected chi connectivity index (χ3v) is 2.36. The first kappa shape index (κ1) is 13.8. The molecule has 0 atom stereocenters. The number of nitroso groups, excluding NO2 is 1. The zero-order valence-electron chi connectivity index (χ0n) is 9.80. The summed E-state index contributed by atoms with van der Waals surface area (Å²) in [4.78, 5) is 23.0. The van der Waals surface area contributed by atoms with Crippen LogP contribution in [0.1, 0.15) is 10.4 Å². The van der Waals surface area contributed by atoms with Crippen LogP contribution in [0.3, 0.4) is 0 Å². The largest absolute Gasteiger partial charge is 0.362 e. The molecule has 94 valence electrons. The molecular weight excluding hydrogens is 235 g/mol. The second-order valence-corrected chi connectivity index (χ2v) is 3.55. The zero-order valence-corrected chi connectivity index (χ0v) is 9.80. The Balaban J connectivity index is 3.31. The molecule has 1 aromatic carbocycles. The summed E-state index contributed by atoms with van der Waals surface area (Å²) >= 11 is 0. The summed E-state index contributed by atoms with van der Waals surface area (Å²) in [5.74, 6) is -0.689. The molecule has 0 spiro atoms. The minimum atomic E-state index is -0.689. The van der Waals surface area contributed by atoms with Crippen molar-refractivity contribution >= 4 is 17.7 Å². The number of hydrogen-bond donors (Lipinski definition) is 0. The van der Waals surface area contributed by atoms with Crippen molar-refractivity contribution in [1.82, 2.24) is 0 Å². The van der Waals surface area contributed by atoms with Crippen LogP contribution in [0, 0.1) is 10.7 Å². The second-order valence-electron chi connectivity index (χ2n) is 3.55. The summed E-state index contributed by atoms with van der Waals surface area (Å²) in [7, 11) is 0. The highest BCUT2D eigenvalue weighted by molar-refractivity contribution is 5.81. The number of benzene rings is 1. The van der Waals surface area contributed by atoms with Crippen LogP contribution in [0.4, 0.5) is 15.8 Å². The van der Waals surface area contributed by atoms with Crippen molar-refractivity contribution in [2.24, 2.45) is 5.18 Å². The summed E-state index contributed by atoms with van der Waals surface area (Å²) in [6.45, 7) is 7.99. The Bertz CT molecular complexity index is 476. The molecule has 0 unspecified atom stereocenters. The normalized spacial score (nSPS) is 9.61. The van der Waals surface area contributed by atoms with Gasteiger partial charge < -0.3 is 4.90 Å². The van der Waals surface area contributed by atoms with Gasteiger partial charge in [-0.3, -0.25) is 4.79 Å². The lowest BCUT2D eigenvalue weighted by Gasteiger charge is -2.22. The molecule has 1 rings (SSSR count). The summed E-state index contributed by atoms with van der Waals surface area (Å²) in [6, 6.07) is 2.25. The Morgan fingerprint density at radius 2 is 1.89 bits per heavy atom. The minimum absolute atomic E-state index is 0.0159. The van der Waals surface area contributed by atoms with Crippen molar-refractivity contribution < 1.29 is 9.18 Å². The molecule has 0 aliphatic rings. The van der Waals surface area contributed by atoms with Gasteiger partial charge in [-0.2, -0.15) is 0 Å². The van der Waals surface area contributed by atoms with Gasteiger partial charge in [-0.15, -0.1) is 18.1 Å². The van der Waals surface area contributed by atoms with Crippen LogP contribution in [-0.2, 0) is 0 Å². The molecule has 0 radical (unpaired) electrons. The minimum Gasteiger partial charge on any atom is -0.362 e. The van der Waals surface area contributed by atoms with Crippen molar-refractivity contribution in [2.45, 2.75) is 0 Å². The van der Waals surface area contributed by atoms with E-state index in [0.717, 1.165) is 12.1 Å². The number of nitrogens with zero attached hydrogens (tertiary/aromatic N) is 2. The highest BCUT2D eigenvalue weighted by Gasteiger charge is 2.14. The van der Waals surface area contributed by atoms with Gasteiger partial charge in [0.1, 0.15) is 11.5 Å². The van der Waals surface area contributed by atoms with Gasteiger partial charge in [-0.1, -0.05) is 12.2 Å². The lowest BCUT2D eigenvalue weighted by Crippen LogP contribution is -2.23. The molecule has 18 heavy (non-hydrogen) atoms. The number of carbonyl (C=O) groups excluding carboxylic acids is 1. The molecule has 0 fully saturated rings. The summed E-state index contributed by atoms with van der Waals surface area (Å²) in [5, 5.41) is 2.82. The van der Waals surface area contributed by atoms with E-state index in [2.05, 4.69) is 18.3 Å². The van der Waals surface area contributed by atoms with Gasteiger partial charge in [-0.05, 0) is 11.2 Å². The lowest BCUT2D eigenvalue weighted by molar-refractivity contribution is 0.112. The number of halogens is 1. The van der Waals surface area contributed by atoms with E-state index in [-0.39, 0.29) is 11.3 Å². The molecular formula is C13H13FN2O2. The molecule has 0 amide bonds. The first-order valence-electron chi connectivity index (χ1n) is 5.26. The van der Waals surface area contributed by atoms with Crippen LogP contribution < -0.4 is 4.90 Å². The van der Waals surface area contributed by atoms with Gasteiger partial charge in [0.15, 0.2) is 6.29 Å². The molecule has 0 saturated heterocycles. The van der Waals surface area contributed by atoms with E-state index >= 15 is 0 Å². The Kier molecular flexibility index (Phi) is 4.92. The molecule has 1 aromatic rings. The van der Waals surface area contributed by atoms with Gasteiger partial charge in [0.2, 0.25) is 0 Å². The van der Waals surface area contributed by atoms with E-state index in [0.29, 0.717) is 25.1 Å². The molecule has 5 heteroatoms. The fourth-order valence-electron chi connectivity index (χ4n) is 1.57. The van der Waals surface area contributed by atoms with E-state index in [1.165, 1.54) is 0 Å². The van der Waals surface area contributed by atoms with Gasteiger partial charge in [-0.25, -0.2) is 4.39 Å². The first-order valence-corrected chi connectivity index (χ1v) is 5.26. The van der Waals surface area contributed by atoms with Crippen LogP contribution in [0.5, 0.6) is 0 Å². The maximum atomic E-state index is 13.6. The molecule has 0 aromatic heterocycles. The number of hydrogen-bond acceptors (Lipinski definition) is 4. The lowest BCUT2D eigenvalue weighted by atomic mass is 10.1. The van der Waals surface area contributed by atoms with E-state index < -0.39 is 5.82 Å². The molecule has 0 saturated carbocycles. The highest BCUT2D eigenvalue weighted by Crippen LogP contribution is 2.31. The third-order valence-electron chi connectivity index (χ3n) is 2.36. The summed E-state index contributed by atoms with van der Waals surface area (Å²) in [5.41, 5.74) is 0.139. The number of rotatable bonds is 7. The molecule has 0 heterocycles. The Labute approximate surface area is 104 Å². The first-order chi connectivity index (χ1) is 8.67. The average molecular weight is 248 g/mol. The summed E-state index contributed by atoms with van der Waals surface area (Å²) < 4.78 is 13.6. The zero-order chi connectivity index (χ0) is 13.5. The van der Waals surface area contributed by atoms with Crippen LogP contribution in [0.25, 0.3) is 0 Å². The van der Waals surface area contributed by atoms with Crippen LogP contribution >= 0.6 is 0 Å². The predicted octanol–water partition coefficient (Wildman–Crippen LogP) is 3.21. The maximum absolute atomic E-state index is 13.6. The number of anilines is 1. The van der Waals surface area contributed by atoms with Crippen LogP contribution in [0.15, 0.2) is 42.6 Å². The van der Waals surface area contributed by atoms with Crippen molar-refractivity contribution in [3.8, 4) is 0 Å². The molecule has 0 aliphatic carbocycles. The quantitative estimate of drug-likeness (QED) is 0.423. The fourth-order valence-corrected chi connectivity index (χ4v) is 1.57. The Hall–Kier alpha value is -2.30. The SMILES string of the molecule is C=CCN(CC=C)c1cc(F)c(C=O)cc1N=O. The summed E-state index contributed by atoms with van der Waals surface area (Å²) in [6.07, 6.45) is 3.58. The van der Waals surface area contributed by atoms with Gasteiger partial charge >= 0.3 is 0 Å². The van der Waals surface area contributed by atoms with Gasteiger partial charge in [0, 0.05) is 19.2 Å². The van der Waals surface area contributed by atoms with Crippen molar-refractivity contribution in [3.05, 3.63) is 53.7 Å². The van der Waals surface area contributed by atoms with E-state index in [9.17, 15) is 14.1 Å². The highest BCUT2D eigenvalue weighted by atomic mass is 19.1. The molecule has 0 bridgehead atoms. The molecule has 0 aliphatic heterocycles. The van der Waals surface area contributed by atoms with Gasteiger partial charge in [0.25, 0.3) is 0 Å². The van der Waals surface area contributed by atoms with Crippen LogP contribution in [0.2, 0.25) is 0 Å². The van der Waals surface area contributed by atoms with Crippen molar-refractivity contribution in [2.75, 3.05) is 18.0 Å². The van der Waals surface area contributed by atoms with E-state index in [1.807, 2.05) is 0 Å². The Morgan fingerprint density at radius 1 is 1.28 bits per heavy atom. The monoisotopic (exact) mass is 248 g/mol. The van der Waals surface area contributed by atoms with Crippen molar-refractivity contribution in [1.29, 1.82) is 0 Å².